The van der Waals surface area contributed by atoms with Crippen molar-refractivity contribution in [1.29, 1.82) is 0 Å². The molecule has 1 aromatic rings. The molecule has 1 rings (SSSR count). The van der Waals surface area contributed by atoms with E-state index in [0.717, 1.165) is 25.1 Å². The quantitative estimate of drug-likeness (QED) is 0.820. The van der Waals surface area contributed by atoms with Crippen molar-refractivity contribution in [2.24, 2.45) is 0 Å². The first-order chi connectivity index (χ1) is 8.90. The van der Waals surface area contributed by atoms with Crippen molar-refractivity contribution in [1.82, 2.24) is 9.80 Å². The normalized spacial score (nSPS) is 11.3. The smallest absolute Gasteiger partial charge is 0.338 e. The van der Waals surface area contributed by atoms with Gasteiger partial charge in [0.25, 0.3) is 0 Å². The van der Waals surface area contributed by atoms with Crippen LogP contribution in [0.2, 0.25) is 0 Å². The van der Waals surface area contributed by atoms with Gasteiger partial charge in [0.05, 0.1) is 5.56 Å². The molecule has 0 aliphatic heterocycles. The monoisotopic (exact) mass is 268 g/mol. The molecule has 1 aromatic carbocycles. The highest BCUT2D eigenvalue weighted by Crippen LogP contribution is 2.12. The van der Waals surface area contributed by atoms with E-state index in [2.05, 4.69) is 9.80 Å². The van der Waals surface area contributed by atoms with Crippen LogP contribution in [0.3, 0.4) is 0 Å². The molecule has 0 saturated carbocycles. The minimum Gasteiger partial charge on any atom is -0.478 e. The number of hydrogen-bond donors (Lipinski definition) is 1. The van der Waals surface area contributed by atoms with Crippen LogP contribution in [-0.4, -0.2) is 55.1 Å². The molecular weight excluding hydrogens is 247 g/mol. The van der Waals surface area contributed by atoms with Crippen LogP contribution < -0.4 is 0 Å². The molecule has 0 unspecified atom stereocenters. The van der Waals surface area contributed by atoms with Crippen LogP contribution >= 0.6 is 0 Å². The number of rotatable bonds is 7. The van der Waals surface area contributed by atoms with Gasteiger partial charge in [-0.05, 0) is 58.3 Å². The molecule has 0 fully saturated rings. The molecule has 1 N–H and O–H groups in total. The molecule has 0 radical (unpaired) electrons. The third-order valence-corrected chi connectivity index (χ3v) is 2.86. The predicted molar refractivity (Wildman–Crippen MR) is 72.9 cm³/mol. The lowest BCUT2D eigenvalue weighted by Crippen LogP contribution is -2.23. The second-order valence-corrected chi connectivity index (χ2v) is 5.01. The Hall–Kier alpha value is -1.46. The number of carboxylic acid groups (broad SMARTS) is 1. The van der Waals surface area contributed by atoms with E-state index in [1.54, 1.807) is 6.07 Å². The standard InChI is InChI=1S/C14H21FN2O2/c1-16(2)7-4-8-17(3)10-11-5-6-13(15)12(9-11)14(18)19/h5-6,9H,4,7-8,10H2,1-3H3,(H,18,19). The van der Waals surface area contributed by atoms with Crippen LogP contribution in [0.5, 0.6) is 0 Å². The van der Waals surface area contributed by atoms with E-state index < -0.39 is 11.8 Å². The lowest BCUT2D eigenvalue weighted by molar-refractivity contribution is 0.0691. The predicted octanol–water partition coefficient (Wildman–Crippen LogP) is 1.91. The highest BCUT2D eigenvalue weighted by atomic mass is 19.1. The molecule has 106 valence electrons. The van der Waals surface area contributed by atoms with Gasteiger partial charge in [0.1, 0.15) is 5.82 Å². The second-order valence-electron chi connectivity index (χ2n) is 5.01. The van der Waals surface area contributed by atoms with Crippen LogP contribution in [0.4, 0.5) is 4.39 Å². The summed E-state index contributed by atoms with van der Waals surface area (Å²) < 4.78 is 13.2. The molecule has 0 aliphatic rings. The van der Waals surface area contributed by atoms with Crippen LogP contribution in [0.15, 0.2) is 18.2 Å². The van der Waals surface area contributed by atoms with Gasteiger partial charge >= 0.3 is 5.97 Å². The number of aromatic carboxylic acids is 1. The Morgan fingerprint density at radius 2 is 1.95 bits per heavy atom. The van der Waals surface area contributed by atoms with Gasteiger partial charge in [-0.25, -0.2) is 9.18 Å². The van der Waals surface area contributed by atoms with Gasteiger partial charge in [-0.3, -0.25) is 0 Å². The fraction of sp³-hybridized carbons (Fsp3) is 0.500. The van der Waals surface area contributed by atoms with Crippen molar-refractivity contribution in [3.63, 3.8) is 0 Å². The average Bonchev–Trinajstić information content (AvgIpc) is 2.30. The summed E-state index contributed by atoms with van der Waals surface area (Å²) in [5, 5.41) is 8.87. The first-order valence-corrected chi connectivity index (χ1v) is 6.25. The topological polar surface area (TPSA) is 43.8 Å². The zero-order valence-electron chi connectivity index (χ0n) is 11.7. The molecule has 4 nitrogen and oxygen atoms in total. The molecule has 0 heterocycles. The Morgan fingerprint density at radius 3 is 2.53 bits per heavy atom. The van der Waals surface area contributed by atoms with E-state index >= 15 is 0 Å². The summed E-state index contributed by atoms with van der Waals surface area (Å²) in [6, 6.07) is 4.25. The third-order valence-electron chi connectivity index (χ3n) is 2.86. The van der Waals surface area contributed by atoms with Crippen molar-refractivity contribution in [2.45, 2.75) is 13.0 Å². The number of carbonyl (C=O) groups is 1. The van der Waals surface area contributed by atoms with Crippen molar-refractivity contribution in [3.05, 3.63) is 35.1 Å². The van der Waals surface area contributed by atoms with Gasteiger partial charge in [-0.15, -0.1) is 0 Å². The van der Waals surface area contributed by atoms with Gasteiger partial charge < -0.3 is 14.9 Å². The minimum atomic E-state index is -1.23. The zero-order valence-corrected chi connectivity index (χ0v) is 11.7. The molecule has 0 amide bonds. The van der Waals surface area contributed by atoms with E-state index in [9.17, 15) is 9.18 Å². The molecule has 0 spiro atoms. The first-order valence-electron chi connectivity index (χ1n) is 6.25. The van der Waals surface area contributed by atoms with Crippen molar-refractivity contribution in [2.75, 3.05) is 34.2 Å². The Bertz CT molecular complexity index is 435. The zero-order chi connectivity index (χ0) is 14.4. The van der Waals surface area contributed by atoms with Crippen molar-refractivity contribution >= 4 is 5.97 Å². The van der Waals surface area contributed by atoms with Crippen LogP contribution in [0, 0.1) is 5.82 Å². The molecule has 0 atom stereocenters. The van der Waals surface area contributed by atoms with Gasteiger partial charge in [0.15, 0.2) is 0 Å². The molecule has 0 saturated heterocycles. The Balaban J connectivity index is 2.57. The van der Waals surface area contributed by atoms with E-state index in [4.69, 9.17) is 5.11 Å². The summed E-state index contributed by atoms with van der Waals surface area (Å²) in [5.41, 5.74) is 0.547. The van der Waals surface area contributed by atoms with E-state index in [0.29, 0.717) is 6.54 Å². The number of benzene rings is 1. The summed E-state index contributed by atoms with van der Waals surface area (Å²) >= 11 is 0. The molecule has 0 aromatic heterocycles. The van der Waals surface area contributed by atoms with Crippen molar-refractivity contribution in [3.8, 4) is 0 Å². The second kappa shape index (κ2) is 7.21. The van der Waals surface area contributed by atoms with Crippen LogP contribution in [-0.2, 0) is 6.54 Å². The van der Waals surface area contributed by atoms with E-state index in [1.807, 2.05) is 21.1 Å². The SMILES string of the molecule is CN(C)CCCN(C)Cc1ccc(F)c(C(=O)O)c1. The fourth-order valence-corrected chi connectivity index (χ4v) is 1.88. The highest BCUT2D eigenvalue weighted by molar-refractivity contribution is 5.88. The van der Waals surface area contributed by atoms with Gasteiger partial charge in [0, 0.05) is 6.54 Å². The third kappa shape index (κ3) is 5.36. The van der Waals surface area contributed by atoms with Gasteiger partial charge in [-0.1, -0.05) is 6.07 Å². The van der Waals surface area contributed by atoms with Crippen LogP contribution in [0.25, 0.3) is 0 Å². The molecular formula is C14H21FN2O2. The van der Waals surface area contributed by atoms with Crippen LogP contribution in [0.1, 0.15) is 22.3 Å². The lowest BCUT2D eigenvalue weighted by Gasteiger charge is -2.18. The number of nitrogens with zero attached hydrogens (tertiary/aromatic N) is 2. The Labute approximate surface area is 113 Å². The Morgan fingerprint density at radius 1 is 1.26 bits per heavy atom. The molecule has 0 aliphatic carbocycles. The Kier molecular flexibility index (Phi) is 5.92. The van der Waals surface area contributed by atoms with Gasteiger partial charge in [0.2, 0.25) is 0 Å². The average molecular weight is 268 g/mol. The number of carboxylic acids is 1. The summed E-state index contributed by atoms with van der Waals surface area (Å²) in [6.45, 7) is 2.54. The number of hydrogen-bond acceptors (Lipinski definition) is 3. The largest absolute Gasteiger partial charge is 0.478 e. The highest BCUT2D eigenvalue weighted by Gasteiger charge is 2.11. The van der Waals surface area contributed by atoms with Gasteiger partial charge in [-0.2, -0.15) is 0 Å². The van der Waals surface area contributed by atoms with E-state index in [-0.39, 0.29) is 5.56 Å². The maximum Gasteiger partial charge on any atom is 0.338 e. The summed E-state index contributed by atoms with van der Waals surface area (Å²) in [5.74, 6) is -1.92. The number of halogens is 1. The molecule has 0 bridgehead atoms. The summed E-state index contributed by atoms with van der Waals surface area (Å²) in [4.78, 5) is 15.1. The summed E-state index contributed by atoms with van der Waals surface area (Å²) in [7, 11) is 6.03. The maximum absolute atomic E-state index is 13.2. The van der Waals surface area contributed by atoms with Crippen molar-refractivity contribution < 1.29 is 14.3 Å². The fourth-order valence-electron chi connectivity index (χ4n) is 1.88. The van der Waals surface area contributed by atoms with E-state index in [1.165, 1.54) is 12.1 Å². The maximum atomic E-state index is 13.2. The lowest BCUT2D eigenvalue weighted by atomic mass is 10.1. The molecule has 19 heavy (non-hydrogen) atoms. The summed E-state index contributed by atoms with van der Waals surface area (Å²) in [6.07, 6.45) is 1.04. The minimum absolute atomic E-state index is 0.265. The first kappa shape index (κ1) is 15.6. The molecule has 5 heteroatoms.